The largest absolute Gasteiger partial charge is 0.472 e. The van der Waals surface area contributed by atoms with Crippen molar-refractivity contribution in [1.82, 2.24) is 25.1 Å². The van der Waals surface area contributed by atoms with Gasteiger partial charge in [-0.1, -0.05) is 25.5 Å². The van der Waals surface area contributed by atoms with Crippen molar-refractivity contribution < 1.29 is 9.21 Å². The highest BCUT2D eigenvalue weighted by Crippen LogP contribution is 2.35. The number of fused-ring (bicyclic) bond motifs is 2. The molecule has 0 aliphatic heterocycles. The molecular weight excluding hydrogens is 452 g/mol. The maximum absolute atomic E-state index is 12.2. The maximum atomic E-state index is 12.2. The molecule has 0 spiro atoms. The Hall–Kier alpha value is -4.72. The van der Waals surface area contributed by atoms with Crippen molar-refractivity contribution in [2.75, 3.05) is 5.32 Å². The number of furan rings is 1. The molecular formula is C28H24N6O2. The number of carbonyl (C=O) groups excluding carboxylic acids is 1. The lowest BCUT2D eigenvalue weighted by Crippen LogP contribution is -2.11. The number of benzene rings is 1. The summed E-state index contributed by atoms with van der Waals surface area (Å²) in [7, 11) is 0. The second-order valence-electron chi connectivity index (χ2n) is 8.76. The lowest BCUT2D eigenvalue weighted by molar-refractivity contribution is -0.116. The number of pyridine rings is 2. The van der Waals surface area contributed by atoms with Gasteiger partial charge in [0.1, 0.15) is 5.69 Å². The molecule has 0 unspecified atom stereocenters. The molecule has 36 heavy (non-hydrogen) atoms. The number of nitrogens with one attached hydrogen (secondary N) is 3. The summed E-state index contributed by atoms with van der Waals surface area (Å²) in [6.45, 7) is 2.07. The summed E-state index contributed by atoms with van der Waals surface area (Å²) in [6, 6.07) is 14.1. The fourth-order valence-corrected chi connectivity index (χ4v) is 4.44. The number of unbranched alkanes of at least 4 members (excludes halogenated alkanes) is 1. The third-order valence-electron chi connectivity index (χ3n) is 6.27. The molecule has 5 aromatic heterocycles. The number of aromatic nitrogens is 5. The summed E-state index contributed by atoms with van der Waals surface area (Å²) < 4.78 is 5.29. The minimum Gasteiger partial charge on any atom is -0.472 e. The SMILES string of the molecule is CCCCC(=O)Nc1cncc(-c2cc3c(-c4cc5c(-c6ccoc6)cccc5[nH]4)n[nH]c3cn2)c1. The van der Waals surface area contributed by atoms with Gasteiger partial charge in [-0.15, -0.1) is 0 Å². The molecule has 6 aromatic rings. The van der Waals surface area contributed by atoms with Gasteiger partial charge in [0.25, 0.3) is 0 Å². The van der Waals surface area contributed by atoms with E-state index in [1.54, 1.807) is 31.1 Å². The van der Waals surface area contributed by atoms with Crippen molar-refractivity contribution in [3.8, 4) is 33.8 Å². The summed E-state index contributed by atoms with van der Waals surface area (Å²) in [4.78, 5) is 24.6. The monoisotopic (exact) mass is 476 g/mol. The minimum absolute atomic E-state index is 0.00932. The first-order chi connectivity index (χ1) is 17.7. The zero-order chi connectivity index (χ0) is 24.5. The summed E-state index contributed by atoms with van der Waals surface area (Å²) in [5.74, 6) is -0.00932. The van der Waals surface area contributed by atoms with E-state index in [0.717, 1.165) is 68.4 Å². The molecule has 0 saturated carbocycles. The maximum Gasteiger partial charge on any atom is 0.224 e. The molecule has 6 rings (SSSR count). The number of aromatic amines is 2. The number of rotatable bonds is 7. The summed E-state index contributed by atoms with van der Waals surface area (Å²) in [6.07, 6.45) is 10.9. The van der Waals surface area contributed by atoms with Gasteiger partial charge in [-0.2, -0.15) is 5.10 Å². The van der Waals surface area contributed by atoms with E-state index in [-0.39, 0.29) is 5.91 Å². The molecule has 0 radical (unpaired) electrons. The zero-order valence-corrected chi connectivity index (χ0v) is 19.7. The highest BCUT2D eigenvalue weighted by atomic mass is 16.3. The van der Waals surface area contributed by atoms with E-state index in [4.69, 9.17) is 4.42 Å². The summed E-state index contributed by atoms with van der Waals surface area (Å²) in [5, 5.41) is 12.6. The van der Waals surface area contributed by atoms with E-state index in [1.165, 1.54) is 0 Å². The number of anilines is 1. The molecule has 8 nitrogen and oxygen atoms in total. The van der Waals surface area contributed by atoms with Gasteiger partial charge in [0, 0.05) is 40.0 Å². The fourth-order valence-electron chi connectivity index (χ4n) is 4.44. The normalized spacial score (nSPS) is 11.4. The lowest BCUT2D eigenvalue weighted by Gasteiger charge is -2.07. The van der Waals surface area contributed by atoms with Crippen LogP contribution < -0.4 is 5.32 Å². The molecule has 0 saturated heterocycles. The quantitative estimate of drug-likeness (QED) is 0.242. The van der Waals surface area contributed by atoms with Crippen molar-refractivity contribution in [2.24, 2.45) is 0 Å². The summed E-state index contributed by atoms with van der Waals surface area (Å²) >= 11 is 0. The van der Waals surface area contributed by atoms with E-state index >= 15 is 0 Å². The Bertz CT molecular complexity index is 1680. The van der Waals surface area contributed by atoms with Crippen LogP contribution in [0.5, 0.6) is 0 Å². The van der Waals surface area contributed by atoms with Crippen LogP contribution in [0.15, 0.2) is 78.0 Å². The molecule has 0 aliphatic rings. The topological polar surface area (TPSA) is 112 Å². The third kappa shape index (κ3) is 4.02. The molecule has 0 aliphatic carbocycles. The Kier molecular flexibility index (Phi) is 5.53. The van der Waals surface area contributed by atoms with E-state index in [9.17, 15) is 4.79 Å². The van der Waals surface area contributed by atoms with Crippen LogP contribution in [-0.2, 0) is 4.79 Å². The van der Waals surface area contributed by atoms with Crippen LogP contribution in [0.4, 0.5) is 5.69 Å². The van der Waals surface area contributed by atoms with Gasteiger partial charge in [-0.25, -0.2) is 0 Å². The third-order valence-corrected chi connectivity index (χ3v) is 6.27. The van der Waals surface area contributed by atoms with Gasteiger partial charge < -0.3 is 14.7 Å². The van der Waals surface area contributed by atoms with Crippen LogP contribution in [-0.4, -0.2) is 31.1 Å². The van der Waals surface area contributed by atoms with Crippen molar-refractivity contribution in [1.29, 1.82) is 0 Å². The van der Waals surface area contributed by atoms with Crippen molar-refractivity contribution >= 4 is 33.4 Å². The first-order valence-electron chi connectivity index (χ1n) is 11.9. The average Bonchev–Trinajstić information content (AvgIpc) is 3.66. The van der Waals surface area contributed by atoms with E-state index in [1.807, 2.05) is 24.3 Å². The lowest BCUT2D eigenvalue weighted by atomic mass is 10.0. The number of carbonyl (C=O) groups is 1. The highest BCUT2D eigenvalue weighted by molar-refractivity contribution is 6.01. The highest BCUT2D eigenvalue weighted by Gasteiger charge is 2.15. The molecule has 8 heteroatoms. The van der Waals surface area contributed by atoms with Gasteiger partial charge >= 0.3 is 0 Å². The number of nitrogens with zero attached hydrogens (tertiary/aromatic N) is 3. The number of amides is 1. The predicted octanol–water partition coefficient (Wildman–Crippen LogP) is 6.56. The Balaban J connectivity index is 1.37. The zero-order valence-electron chi connectivity index (χ0n) is 19.7. The molecule has 0 fully saturated rings. The van der Waals surface area contributed by atoms with Crippen LogP contribution in [0, 0.1) is 0 Å². The van der Waals surface area contributed by atoms with Crippen LogP contribution in [0.25, 0.3) is 55.6 Å². The molecule has 5 heterocycles. The molecule has 0 atom stereocenters. The van der Waals surface area contributed by atoms with Crippen LogP contribution in [0.3, 0.4) is 0 Å². The van der Waals surface area contributed by atoms with Crippen molar-refractivity contribution in [3.63, 3.8) is 0 Å². The fraction of sp³-hybridized carbons (Fsp3) is 0.143. The Morgan fingerprint density at radius 2 is 1.97 bits per heavy atom. The number of hydrogen-bond donors (Lipinski definition) is 3. The van der Waals surface area contributed by atoms with E-state index in [0.29, 0.717) is 12.1 Å². The molecule has 3 N–H and O–H groups in total. The predicted molar refractivity (Wildman–Crippen MR) is 140 cm³/mol. The van der Waals surface area contributed by atoms with Gasteiger partial charge in [0.15, 0.2) is 0 Å². The van der Waals surface area contributed by atoms with Crippen LogP contribution in [0.2, 0.25) is 0 Å². The Morgan fingerprint density at radius 3 is 2.83 bits per heavy atom. The number of hydrogen-bond acceptors (Lipinski definition) is 5. The van der Waals surface area contributed by atoms with Gasteiger partial charge in [-0.3, -0.25) is 19.9 Å². The Morgan fingerprint density at radius 1 is 1.03 bits per heavy atom. The standard InChI is InChI=1S/C28H24N6O2/c1-2-3-7-27(35)31-19-10-18(13-29-14-19)24-12-22-26(15-30-24)33-34-28(22)25-11-21-20(17-8-9-36-16-17)5-4-6-23(21)32-25/h4-6,8-16,32H,2-3,7H2,1H3,(H,31,35)(H,33,34). The van der Waals surface area contributed by atoms with Gasteiger partial charge in [0.2, 0.25) is 5.91 Å². The van der Waals surface area contributed by atoms with E-state index < -0.39 is 0 Å². The molecule has 1 amide bonds. The molecule has 0 bridgehead atoms. The Labute approximate surface area is 206 Å². The minimum atomic E-state index is -0.00932. The summed E-state index contributed by atoms with van der Waals surface area (Å²) in [5.41, 5.74) is 7.90. The first-order valence-corrected chi connectivity index (χ1v) is 11.9. The van der Waals surface area contributed by atoms with Crippen LogP contribution >= 0.6 is 0 Å². The first kappa shape index (κ1) is 21.8. The van der Waals surface area contributed by atoms with E-state index in [2.05, 4.69) is 55.6 Å². The second-order valence-corrected chi connectivity index (χ2v) is 8.76. The molecule has 1 aromatic carbocycles. The average molecular weight is 477 g/mol. The van der Waals surface area contributed by atoms with Crippen molar-refractivity contribution in [3.05, 3.63) is 73.6 Å². The van der Waals surface area contributed by atoms with Gasteiger partial charge in [0.05, 0.1) is 47.5 Å². The van der Waals surface area contributed by atoms with Crippen molar-refractivity contribution in [2.45, 2.75) is 26.2 Å². The smallest absolute Gasteiger partial charge is 0.224 e. The van der Waals surface area contributed by atoms with Gasteiger partial charge in [-0.05, 0) is 42.3 Å². The number of H-pyrrole nitrogens is 2. The second kappa shape index (κ2) is 9.14. The van der Waals surface area contributed by atoms with Crippen LogP contribution in [0.1, 0.15) is 26.2 Å². The molecule has 178 valence electrons.